The van der Waals surface area contributed by atoms with Crippen molar-refractivity contribution in [2.24, 2.45) is 23.7 Å². The van der Waals surface area contributed by atoms with Crippen LogP contribution in [0.15, 0.2) is 42.5 Å². The van der Waals surface area contributed by atoms with Gasteiger partial charge in [-0.1, -0.05) is 50.8 Å². The first kappa shape index (κ1) is 25.8. The number of hydrogen-bond acceptors (Lipinski definition) is 10. The molecule has 3 aliphatic heterocycles. The molecule has 39 heavy (non-hydrogen) atoms. The second-order valence-corrected chi connectivity index (χ2v) is 12.4. The molecule has 2 unspecified atom stereocenters. The Labute approximate surface area is 225 Å². The summed E-state index contributed by atoms with van der Waals surface area (Å²) >= 11 is 0. The Hall–Kier alpha value is -2.18. The molecule has 3 saturated carbocycles. The molecule has 7 rings (SSSR count). The smallest absolute Gasteiger partial charge is 0.314 e. The summed E-state index contributed by atoms with van der Waals surface area (Å²) in [6.07, 6.45) is -4.18. The van der Waals surface area contributed by atoms with Gasteiger partial charge in [0.25, 0.3) is 0 Å². The molecule has 3 heterocycles. The van der Waals surface area contributed by atoms with Gasteiger partial charge in [0.05, 0.1) is 12.2 Å². The molecule has 3 N–H and O–H groups in total. The number of ether oxygens (including phenoxy) is 5. The van der Waals surface area contributed by atoms with Crippen LogP contribution >= 0.6 is 0 Å². The molecule has 1 aromatic carbocycles. The summed E-state index contributed by atoms with van der Waals surface area (Å²) in [6, 6.07) is 9.06. The van der Waals surface area contributed by atoms with E-state index in [4.69, 9.17) is 23.7 Å². The number of esters is 1. The van der Waals surface area contributed by atoms with Crippen LogP contribution in [0.5, 0.6) is 0 Å². The van der Waals surface area contributed by atoms with Gasteiger partial charge in [0.2, 0.25) is 0 Å². The van der Waals surface area contributed by atoms with Crippen LogP contribution in [0.4, 0.5) is 0 Å². The lowest BCUT2D eigenvalue weighted by Crippen LogP contribution is -2.76. The van der Waals surface area contributed by atoms with Gasteiger partial charge in [-0.05, 0) is 18.9 Å². The Balaban J connectivity index is 1.55. The molecule has 0 aromatic heterocycles. The molecular weight excluding hydrogens is 508 g/mol. The maximum Gasteiger partial charge on any atom is 0.314 e. The van der Waals surface area contributed by atoms with Gasteiger partial charge in [-0.2, -0.15) is 0 Å². The van der Waals surface area contributed by atoms with Crippen LogP contribution < -0.4 is 0 Å². The Morgan fingerprint density at radius 3 is 2.44 bits per heavy atom. The van der Waals surface area contributed by atoms with Gasteiger partial charge in [0, 0.05) is 36.2 Å². The number of carbonyl (C=O) groups excluding carboxylic acids is 2. The Morgan fingerprint density at radius 2 is 1.82 bits per heavy atom. The summed E-state index contributed by atoms with van der Waals surface area (Å²) in [5.74, 6) is -5.81. The van der Waals surface area contributed by atoms with E-state index in [0.29, 0.717) is 11.1 Å². The Kier molecular flexibility index (Phi) is 4.99. The maximum absolute atomic E-state index is 13.7. The average Bonchev–Trinajstić information content (AvgIpc) is 3.53. The predicted octanol–water partition coefficient (Wildman–Crippen LogP) is 0.954. The van der Waals surface area contributed by atoms with Gasteiger partial charge < -0.3 is 39.0 Å². The highest BCUT2D eigenvalue weighted by molar-refractivity contribution is 5.93. The molecule has 6 aliphatic rings. The monoisotopic (exact) mass is 542 g/mol. The fourth-order valence-corrected chi connectivity index (χ4v) is 8.94. The van der Waals surface area contributed by atoms with Crippen molar-refractivity contribution < 1.29 is 48.6 Å². The van der Waals surface area contributed by atoms with Crippen LogP contribution in [0.25, 0.3) is 0 Å². The van der Waals surface area contributed by atoms with Gasteiger partial charge in [-0.15, -0.1) is 0 Å². The average molecular weight is 543 g/mol. The molecule has 0 amide bonds. The number of aliphatic hydroxyl groups excluding tert-OH is 2. The van der Waals surface area contributed by atoms with E-state index in [1.807, 2.05) is 25.1 Å². The number of benzene rings is 1. The van der Waals surface area contributed by atoms with Crippen LogP contribution in [0.3, 0.4) is 0 Å². The molecule has 10 nitrogen and oxygen atoms in total. The van der Waals surface area contributed by atoms with E-state index >= 15 is 0 Å². The van der Waals surface area contributed by atoms with Crippen LogP contribution in [-0.4, -0.2) is 80.5 Å². The summed E-state index contributed by atoms with van der Waals surface area (Å²) in [6.45, 7) is 10.2. The van der Waals surface area contributed by atoms with E-state index in [2.05, 4.69) is 6.58 Å². The van der Waals surface area contributed by atoms with Gasteiger partial charge in [0.1, 0.15) is 30.0 Å². The highest BCUT2D eigenvalue weighted by Crippen LogP contribution is 2.74. The molecular formula is C29H34O10. The van der Waals surface area contributed by atoms with Crippen molar-refractivity contribution in [2.45, 2.75) is 86.9 Å². The first-order valence-electron chi connectivity index (χ1n) is 13.6. The van der Waals surface area contributed by atoms with E-state index in [-0.39, 0.29) is 6.42 Å². The number of hydrogen-bond donors (Lipinski definition) is 3. The lowest BCUT2D eigenvalue weighted by atomic mass is 9.52. The van der Waals surface area contributed by atoms with Crippen molar-refractivity contribution >= 4 is 11.8 Å². The highest BCUT2D eigenvalue weighted by Gasteiger charge is 2.91. The third kappa shape index (κ3) is 2.63. The van der Waals surface area contributed by atoms with Crippen LogP contribution in [0, 0.1) is 23.7 Å². The first-order chi connectivity index (χ1) is 18.4. The molecule has 0 spiro atoms. The van der Waals surface area contributed by atoms with E-state index in [1.54, 1.807) is 26.0 Å². The zero-order valence-corrected chi connectivity index (χ0v) is 22.3. The SMILES string of the molecule is C=C(C)[C@]12OC3(c4ccccc4)O[C@H]1[C@H]1[C@H]4O[C@@]4(CO)[C@H](O)[C@@]4(O)C(=O)[C@H](C)C[C@@H]4C1(O3)[C@@H](C)[C@@H]2OC(C)=O. The summed E-state index contributed by atoms with van der Waals surface area (Å²) in [5.41, 5.74) is -5.63. The number of ketones is 1. The van der Waals surface area contributed by atoms with Crippen molar-refractivity contribution in [1.82, 2.24) is 0 Å². The van der Waals surface area contributed by atoms with Crippen molar-refractivity contribution in [2.75, 3.05) is 6.61 Å². The summed E-state index contributed by atoms with van der Waals surface area (Å²) in [7, 11) is 0. The van der Waals surface area contributed by atoms with Crippen molar-refractivity contribution in [1.29, 1.82) is 0 Å². The van der Waals surface area contributed by atoms with Gasteiger partial charge in [-0.25, -0.2) is 0 Å². The summed E-state index contributed by atoms with van der Waals surface area (Å²) in [4.78, 5) is 26.2. The minimum absolute atomic E-state index is 0.200. The predicted molar refractivity (Wildman–Crippen MR) is 132 cm³/mol. The molecule has 3 saturated heterocycles. The molecule has 6 fully saturated rings. The topological polar surface area (TPSA) is 144 Å². The number of carbonyl (C=O) groups is 2. The first-order valence-corrected chi connectivity index (χ1v) is 13.6. The zero-order valence-electron chi connectivity index (χ0n) is 22.3. The lowest BCUT2D eigenvalue weighted by molar-refractivity contribution is -0.443. The highest BCUT2D eigenvalue weighted by atomic mass is 16.9. The second kappa shape index (κ2) is 7.55. The normalized spacial score (nSPS) is 54.4. The third-order valence-electron chi connectivity index (χ3n) is 10.6. The quantitative estimate of drug-likeness (QED) is 0.286. The van der Waals surface area contributed by atoms with Gasteiger partial charge in [0.15, 0.2) is 17.0 Å². The van der Waals surface area contributed by atoms with E-state index < -0.39 is 94.8 Å². The molecule has 13 atom stereocenters. The largest absolute Gasteiger partial charge is 0.459 e. The minimum Gasteiger partial charge on any atom is -0.459 e. The van der Waals surface area contributed by atoms with Crippen molar-refractivity contribution in [3.63, 3.8) is 0 Å². The Morgan fingerprint density at radius 1 is 1.13 bits per heavy atom. The van der Waals surface area contributed by atoms with Crippen molar-refractivity contribution in [3.8, 4) is 0 Å². The van der Waals surface area contributed by atoms with Crippen LogP contribution in [-0.2, 0) is 39.2 Å². The van der Waals surface area contributed by atoms with Gasteiger partial charge in [-0.3, -0.25) is 9.59 Å². The van der Waals surface area contributed by atoms with Crippen LogP contribution in [0.2, 0.25) is 0 Å². The number of fused-ring (bicyclic) bond motifs is 3. The summed E-state index contributed by atoms with van der Waals surface area (Å²) in [5, 5.41) is 34.5. The van der Waals surface area contributed by atoms with E-state index in [1.165, 1.54) is 6.92 Å². The number of Topliss-reactive ketones (excluding diaryl/α,β-unsaturated/α-hetero) is 1. The number of rotatable bonds is 4. The number of epoxide rings is 1. The van der Waals surface area contributed by atoms with E-state index in [0.717, 1.165) is 0 Å². The number of aliphatic hydroxyl groups is 3. The molecule has 210 valence electrons. The molecule has 0 radical (unpaired) electrons. The lowest BCUT2D eigenvalue weighted by Gasteiger charge is -2.61. The molecule has 3 bridgehead atoms. The maximum atomic E-state index is 13.7. The molecule has 1 aromatic rings. The fraction of sp³-hybridized carbons (Fsp3) is 0.655. The van der Waals surface area contributed by atoms with Crippen LogP contribution in [0.1, 0.15) is 39.7 Å². The second-order valence-electron chi connectivity index (χ2n) is 12.4. The van der Waals surface area contributed by atoms with Gasteiger partial charge >= 0.3 is 11.9 Å². The van der Waals surface area contributed by atoms with Crippen molar-refractivity contribution in [3.05, 3.63) is 48.0 Å². The Bertz CT molecular complexity index is 1280. The molecule has 3 aliphatic carbocycles. The fourth-order valence-electron chi connectivity index (χ4n) is 8.94. The standard InChI is InChI=1S/C29H34O10/c1-13(2)27-21(35-16(5)31)15(4)28-18-11-14(3)20(32)26(18,34)24(33)25(12-30)22(36-25)19(28)23(27)37-29(38-27,39-28)17-9-7-6-8-10-17/h6-10,14-15,18-19,21-24,30,33-34H,1,11-12H2,2-5H3/t14-,15+,18+,19-,21+,22-,23+,24+,25-,26+,27-,28?,29?/m1/s1. The molecule has 10 heteroatoms. The van der Waals surface area contributed by atoms with E-state index in [9.17, 15) is 24.9 Å². The third-order valence-corrected chi connectivity index (χ3v) is 10.6. The minimum atomic E-state index is -2.29. The zero-order chi connectivity index (χ0) is 27.9. The summed E-state index contributed by atoms with van der Waals surface area (Å²) < 4.78 is 32.7.